The second-order valence-electron chi connectivity index (χ2n) is 9.90. The maximum absolute atomic E-state index is 5.86. The Bertz CT molecular complexity index is 1600. The van der Waals surface area contributed by atoms with Crippen molar-refractivity contribution in [1.82, 2.24) is 9.97 Å². The smallest absolute Gasteiger partial charge is 0.120 e. The van der Waals surface area contributed by atoms with E-state index in [0.29, 0.717) is 0 Å². The second-order valence-corrected chi connectivity index (χ2v) is 15.0. The molecule has 0 aliphatic carbocycles. The van der Waals surface area contributed by atoms with Crippen LogP contribution in [-0.2, 0) is 20.1 Å². The molecule has 0 N–H and O–H groups in total. The molecule has 0 bridgehead atoms. The van der Waals surface area contributed by atoms with E-state index in [1.807, 2.05) is 73.9 Å². The van der Waals surface area contributed by atoms with Gasteiger partial charge in [-0.3, -0.25) is 0 Å². The molecule has 0 aliphatic heterocycles. The Morgan fingerprint density at radius 1 is 0.703 bits per heavy atom. The van der Waals surface area contributed by atoms with Crippen LogP contribution in [0.15, 0.2) is 102 Å². The van der Waals surface area contributed by atoms with Gasteiger partial charge in [-0.05, 0) is 35.1 Å². The van der Waals surface area contributed by atoms with Crippen molar-refractivity contribution < 1.29 is 24.5 Å². The predicted octanol–water partition coefficient (Wildman–Crippen LogP) is 7.85. The minimum absolute atomic E-state index is 0. The van der Waals surface area contributed by atoms with Crippen molar-refractivity contribution in [2.24, 2.45) is 0 Å². The molecule has 3 aromatic heterocycles. The third-order valence-electron chi connectivity index (χ3n) is 6.11. The molecule has 6 aromatic rings. The quantitative estimate of drug-likeness (QED) is 0.142. The third kappa shape index (κ3) is 6.14. The number of para-hydroxylation sites is 1. The van der Waals surface area contributed by atoms with Crippen molar-refractivity contribution in [1.29, 1.82) is 0 Å². The van der Waals surface area contributed by atoms with Gasteiger partial charge in [0, 0.05) is 37.9 Å². The predicted molar refractivity (Wildman–Crippen MR) is 152 cm³/mol. The Hall–Kier alpha value is -3.37. The number of fused-ring (bicyclic) bond motifs is 3. The monoisotopic (exact) mass is 677 g/mol. The van der Waals surface area contributed by atoms with E-state index in [-0.39, 0.29) is 20.1 Å². The van der Waals surface area contributed by atoms with E-state index in [4.69, 9.17) is 4.42 Å². The summed E-state index contributed by atoms with van der Waals surface area (Å²) in [6.45, 7) is 9.03. The number of pyridine rings is 2. The molecule has 6 rings (SSSR count). The summed E-state index contributed by atoms with van der Waals surface area (Å²) in [4.78, 5) is 8.98. The first kappa shape index (κ1) is 26.7. The number of benzene rings is 3. The number of hydrogen-bond donors (Lipinski definition) is 0. The average molecular weight is 677 g/mol. The molecule has 3 heterocycles. The van der Waals surface area contributed by atoms with E-state index in [0.717, 1.165) is 44.5 Å². The van der Waals surface area contributed by atoms with Gasteiger partial charge >= 0.3 is 0 Å². The zero-order valence-electron chi connectivity index (χ0n) is 21.4. The Balaban J connectivity index is 0.000000195. The topological polar surface area (TPSA) is 38.9 Å². The summed E-state index contributed by atoms with van der Waals surface area (Å²) >= 11 is 0. The molecule has 3 nitrogen and oxygen atoms in total. The van der Waals surface area contributed by atoms with Crippen LogP contribution in [0.3, 0.4) is 0 Å². The van der Waals surface area contributed by atoms with E-state index in [2.05, 4.69) is 72.1 Å². The van der Waals surface area contributed by atoms with Gasteiger partial charge in [-0.25, -0.2) is 0 Å². The molecule has 3 aromatic carbocycles. The molecule has 1 radical (unpaired) electrons. The van der Waals surface area contributed by atoms with Crippen molar-refractivity contribution in [3.63, 3.8) is 0 Å². The molecule has 5 heteroatoms. The number of furan rings is 1. The minimum Gasteiger partial charge on any atom is -0.500 e. The van der Waals surface area contributed by atoms with Gasteiger partial charge in [0.15, 0.2) is 0 Å². The molecule has 0 unspecified atom stereocenters. The molecule has 0 fully saturated rings. The largest absolute Gasteiger partial charge is 0.500 e. The fourth-order valence-electron chi connectivity index (χ4n) is 3.99. The summed E-state index contributed by atoms with van der Waals surface area (Å²) in [7, 11) is -1.31. The molecule has 37 heavy (non-hydrogen) atoms. The standard InChI is InChI=1S/C20H18NOSi.C12H10N.Ir/c1-23(2,3)15-9-10-18(21-13-15)14-8-11-20-17(12-14)16-6-4-5-7-19(16)22-20;1-10-7-8-12(13-9-10)11-5-3-2-4-6-11;/h4-7,9-13H,1-3H3;2-5,7-9H,1H3;/q2*-1;. The summed E-state index contributed by atoms with van der Waals surface area (Å²) in [6.07, 6.45) is 3.89. The Morgan fingerprint density at radius 3 is 2.11 bits per heavy atom. The zero-order chi connectivity index (χ0) is 25.1. The maximum atomic E-state index is 5.86. The number of rotatable bonds is 3. The van der Waals surface area contributed by atoms with Gasteiger partial charge in [0.05, 0.1) is 13.7 Å². The summed E-state index contributed by atoms with van der Waals surface area (Å²) in [5.74, 6) is 0. The van der Waals surface area contributed by atoms with Crippen molar-refractivity contribution >= 4 is 35.2 Å². The van der Waals surface area contributed by atoms with E-state index in [1.54, 1.807) is 0 Å². The van der Waals surface area contributed by atoms with Crippen LogP contribution in [0, 0.1) is 19.1 Å². The van der Waals surface area contributed by atoms with E-state index in [1.165, 1.54) is 10.8 Å². The van der Waals surface area contributed by atoms with Gasteiger partial charge in [0.25, 0.3) is 0 Å². The van der Waals surface area contributed by atoms with Crippen LogP contribution in [0.1, 0.15) is 5.56 Å². The SMILES string of the molecule is C[Si](C)(C)c1ccc(-c2[c-]cc3oc4ccccc4c3c2)nc1.Cc1ccc(-c2[c-]cccc2)nc1.[Ir]. The van der Waals surface area contributed by atoms with Gasteiger partial charge in [0.1, 0.15) is 5.58 Å². The van der Waals surface area contributed by atoms with Gasteiger partial charge in [-0.1, -0.05) is 67.5 Å². The van der Waals surface area contributed by atoms with Gasteiger partial charge in [0.2, 0.25) is 0 Å². The second kappa shape index (κ2) is 11.3. The molecule has 0 saturated carbocycles. The Labute approximate surface area is 233 Å². The zero-order valence-corrected chi connectivity index (χ0v) is 24.8. The minimum atomic E-state index is -1.31. The summed E-state index contributed by atoms with van der Waals surface area (Å²) in [5.41, 5.74) is 6.95. The van der Waals surface area contributed by atoms with Crippen LogP contribution in [-0.4, -0.2) is 18.0 Å². The summed E-state index contributed by atoms with van der Waals surface area (Å²) in [5, 5.41) is 3.62. The van der Waals surface area contributed by atoms with Crippen LogP contribution in [0.4, 0.5) is 0 Å². The molecule has 0 saturated heterocycles. The van der Waals surface area contributed by atoms with Crippen molar-refractivity contribution in [3.05, 3.63) is 115 Å². The maximum Gasteiger partial charge on any atom is 0.120 e. The van der Waals surface area contributed by atoms with E-state index in [9.17, 15) is 0 Å². The fraction of sp³-hybridized carbons (Fsp3) is 0.125. The van der Waals surface area contributed by atoms with E-state index >= 15 is 0 Å². The normalized spacial score (nSPS) is 11.0. The Morgan fingerprint density at radius 2 is 1.43 bits per heavy atom. The molecule has 0 spiro atoms. The number of aryl methyl sites for hydroxylation is 1. The molecule has 0 aliphatic rings. The first-order chi connectivity index (χ1) is 17.4. The molecular weight excluding hydrogens is 649 g/mol. The van der Waals surface area contributed by atoms with E-state index < -0.39 is 8.07 Å². The molecule has 187 valence electrons. The molecular formula is C32H28IrN2OSi-2. The van der Waals surface area contributed by atoms with Crippen LogP contribution in [0.2, 0.25) is 19.6 Å². The number of hydrogen-bond acceptors (Lipinski definition) is 3. The molecule has 0 atom stereocenters. The van der Waals surface area contributed by atoms with Crippen LogP contribution < -0.4 is 5.19 Å². The van der Waals surface area contributed by atoms with Crippen LogP contribution in [0.25, 0.3) is 44.5 Å². The first-order valence-corrected chi connectivity index (χ1v) is 15.6. The van der Waals surface area contributed by atoms with Crippen molar-refractivity contribution in [2.75, 3.05) is 0 Å². The average Bonchev–Trinajstić information content (AvgIpc) is 3.28. The fourth-order valence-corrected chi connectivity index (χ4v) is 5.03. The van der Waals surface area contributed by atoms with Gasteiger partial charge in [-0.2, -0.15) is 0 Å². The van der Waals surface area contributed by atoms with Crippen molar-refractivity contribution in [3.8, 4) is 22.5 Å². The summed E-state index contributed by atoms with van der Waals surface area (Å²) < 4.78 is 5.86. The number of nitrogens with zero attached hydrogens (tertiary/aromatic N) is 2. The van der Waals surface area contributed by atoms with Gasteiger partial charge < -0.3 is 14.4 Å². The molecule has 0 amide bonds. The third-order valence-corrected chi connectivity index (χ3v) is 8.14. The Kier molecular flexibility index (Phi) is 8.18. The van der Waals surface area contributed by atoms with Crippen LogP contribution in [0.5, 0.6) is 0 Å². The van der Waals surface area contributed by atoms with Gasteiger partial charge in [-0.15, -0.1) is 59.7 Å². The van der Waals surface area contributed by atoms with Crippen molar-refractivity contribution in [2.45, 2.75) is 26.6 Å². The van der Waals surface area contributed by atoms with Crippen LogP contribution >= 0.6 is 0 Å². The first-order valence-electron chi connectivity index (χ1n) is 12.1. The number of aromatic nitrogens is 2. The summed E-state index contributed by atoms with van der Waals surface area (Å²) in [6, 6.07) is 34.8.